The molecule has 0 atom stereocenters. The Hall–Kier alpha value is -2.15. The number of rotatable bonds is 4. The number of β-amino-alcohol motifs (C(OH)–C–C–N with tert-alkyl or cyclic N) is 1. The molecule has 0 spiro atoms. The Morgan fingerprint density at radius 1 is 1.48 bits per heavy atom. The monoisotopic (exact) mass is 294 g/mol. The Bertz CT molecular complexity index is 579. The summed E-state index contributed by atoms with van der Waals surface area (Å²) in [7, 11) is 1.34. The summed E-state index contributed by atoms with van der Waals surface area (Å²) in [5.41, 5.74) is -0.898. The molecule has 1 aromatic carbocycles. The van der Waals surface area contributed by atoms with Gasteiger partial charge in [-0.2, -0.15) is 0 Å². The number of amides is 1. The van der Waals surface area contributed by atoms with Gasteiger partial charge in [-0.3, -0.25) is 14.9 Å². The van der Waals surface area contributed by atoms with Crippen molar-refractivity contribution in [3.05, 3.63) is 33.9 Å². The fourth-order valence-corrected chi connectivity index (χ4v) is 2.27. The van der Waals surface area contributed by atoms with Gasteiger partial charge in [0.1, 0.15) is 5.60 Å². The molecule has 0 aromatic heterocycles. The molecule has 1 aliphatic rings. The number of methoxy groups -OCH3 is 1. The van der Waals surface area contributed by atoms with E-state index in [9.17, 15) is 20.0 Å². The molecule has 7 nitrogen and oxygen atoms in total. The molecule has 0 aliphatic carbocycles. The van der Waals surface area contributed by atoms with Crippen molar-refractivity contribution >= 4 is 11.6 Å². The third kappa shape index (κ3) is 2.69. The lowest BCUT2D eigenvalue weighted by molar-refractivity contribution is -0.385. The third-order valence-corrected chi connectivity index (χ3v) is 3.91. The predicted molar refractivity (Wildman–Crippen MR) is 75.3 cm³/mol. The van der Waals surface area contributed by atoms with Crippen molar-refractivity contribution in [3.8, 4) is 5.75 Å². The van der Waals surface area contributed by atoms with E-state index in [0.29, 0.717) is 0 Å². The van der Waals surface area contributed by atoms with E-state index >= 15 is 0 Å². The molecular formula is C14H18N2O5. The standard InChI is InChI=1S/C14H18N2O5/c1-9(2)14(18)7-15(8-14)13(17)10-4-5-12(21-3)11(6-10)16(19)20/h4-6,9,18H,7-8H2,1-3H3. The molecule has 1 fully saturated rings. The molecule has 1 aromatic rings. The first kappa shape index (κ1) is 15.2. The molecule has 2 rings (SSSR count). The number of aliphatic hydroxyl groups is 1. The van der Waals surface area contributed by atoms with E-state index in [0.717, 1.165) is 0 Å². The number of ether oxygens (including phenoxy) is 1. The van der Waals surface area contributed by atoms with E-state index in [-0.39, 0.29) is 41.9 Å². The number of hydrogen-bond acceptors (Lipinski definition) is 5. The van der Waals surface area contributed by atoms with Gasteiger partial charge in [0.15, 0.2) is 5.75 Å². The highest BCUT2D eigenvalue weighted by Gasteiger charge is 2.46. The van der Waals surface area contributed by atoms with Crippen LogP contribution in [0.15, 0.2) is 18.2 Å². The molecule has 1 saturated heterocycles. The number of hydrogen-bond donors (Lipinski definition) is 1. The average Bonchev–Trinajstić information content (AvgIpc) is 2.42. The maximum Gasteiger partial charge on any atom is 0.311 e. The van der Waals surface area contributed by atoms with Crippen LogP contribution in [-0.4, -0.2) is 46.6 Å². The molecule has 0 bridgehead atoms. The number of carbonyl (C=O) groups is 1. The highest BCUT2D eigenvalue weighted by Crippen LogP contribution is 2.32. The van der Waals surface area contributed by atoms with Gasteiger partial charge in [-0.25, -0.2) is 0 Å². The summed E-state index contributed by atoms with van der Waals surface area (Å²) in [6.07, 6.45) is 0. The molecule has 21 heavy (non-hydrogen) atoms. The van der Waals surface area contributed by atoms with Gasteiger partial charge in [0.2, 0.25) is 0 Å². The summed E-state index contributed by atoms with van der Waals surface area (Å²) in [5, 5.41) is 21.1. The lowest BCUT2D eigenvalue weighted by atomic mass is 9.82. The van der Waals surface area contributed by atoms with Crippen LogP contribution in [0.3, 0.4) is 0 Å². The summed E-state index contributed by atoms with van der Waals surface area (Å²) >= 11 is 0. The van der Waals surface area contributed by atoms with E-state index in [4.69, 9.17) is 4.74 Å². The highest BCUT2D eigenvalue weighted by atomic mass is 16.6. The molecule has 114 valence electrons. The van der Waals surface area contributed by atoms with E-state index in [1.54, 1.807) is 0 Å². The molecular weight excluding hydrogens is 276 g/mol. The van der Waals surface area contributed by atoms with E-state index in [1.165, 1.54) is 30.2 Å². The Labute approximate surface area is 122 Å². The SMILES string of the molecule is COc1ccc(C(=O)N2CC(O)(C(C)C)C2)cc1[N+](=O)[O-]. The van der Waals surface area contributed by atoms with Gasteiger partial charge in [-0.1, -0.05) is 13.8 Å². The van der Waals surface area contributed by atoms with Crippen LogP contribution in [0.1, 0.15) is 24.2 Å². The number of benzene rings is 1. The smallest absolute Gasteiger partial charge is 0.311 e. The Balaban J connectivity index is 2.18. The Morgan fingerprint density at radius 2 is 2.10 bits per heavy atom. The van der Waals surface area contributed by atoms with E-state index < -0.39 is 10.5 Å². The van der Waals surface area contributed by atoms with Crippen molar-refractivity contribution in [2.45, 2.75) is 19.4 Å². The van der Waals surface area contributed by atoms with Gasteiger partial charge in [0.05, 0.1) is 25.1 Å². The summed E-state index contributed by atoms with van der Waals surface area (Å²) in [6, 6.07) is 4.09. The van der Waals surface area contributed by atoms with Crippen LogP contribution in [0, 0.1) is 16.0 Å². The number of likely N-dealkylation sites (tertiary alicyclic amines) is 1. The van der Waals surface area contributed by atoms with Crippen LogP contribution in [0.2, 0.25) is 0 Å². The lowest BCUT2D eigenvalue weighted by Crippen LogP contribution is -2.65. The van der Waals surface area contributed by atoms with Gasteiger partial charge in [-0.05, 0) is 18.1 Å². The number of carbonyl (C=O) groups excluding carboxylic acids is 1. The molecule has 1 amide bonds. The van der Waals surface area contributed by atoms with Crippen LogP contribution in [0.5, 0.6) is 5.75 Å². The van der Waals surface area contributed by atoms with Crippen LogP contribution < -0.4 is 4.74 Å². The van der Waals surface area contributed by atoms with Gasteiger partial charge in [0.25, 0.3) is 5.91 Å². The van der Waals surface area contributed by atoms with Crippen molar-refractivity contribution in [2.24, 2.45) is 5.92 Å². The minimum atomic E-state index is -0.867. The van der Waals surface area contributed by atoms with Gasteiger partial charge < -0.3 is 14.7 Å². The molecule has 0 saturated carbocycles. The van der Waals surface area contributed by atoms with Crippen molar-refractivity contribution in [1.82, 2.24) is 4.90 Å². The second-order valence-corrected chi connectivity index (χ2v) is 5.56. The quantitative estimate of drug-likeness (QED) is 0.670. The van der Waals surface area contributed by atoms with Crippen LogP contribution in [0.25, 0.3) is 0 Å². The molecule has 1 N–H and O–H groups in total. The maximum atomic E-state index is 12.3. The summed E-state index contributed by atoms with van der Waals surface area (Å²) in [5.74, 6) is -0.170. The molecule has 1 heterocycles. The minimum Gasteiger partial charge on any atom is -0.490 e. The zero-order chi connectivity index (χ0) is 15.8. The highest BCUT2D eigenvalue weighted by molar-refractivity contribution is 5.96. The van der Waals surface area contributed by atoms with Crippen LogP contribution in [-0.2, 0) is 0 Å². The second-order valence-electron chi connectivity index (χ2n) is 5.56. The largest absolute Gasteiger partial charge is 0.490 e. The normalized spacial score (nSPS) is 16.5. The predicted octanol–water partition coefficient (Wildman–Crippen LogP) is 1.45. The number of nitro groups is 1. The zero-order valence-electron chi connectivity index (χ0n) is 12.2. The average molecular weight is 294 g/mol. The lowest BCUT2D eigenvalue weighted by Gasteiger charge is -2.49. The van der Waals surface area contributed by atoms with Crippen molar-refractivity contribution in [3.63, 3.8) is 0 Å². The number of nitro benzene ring substituents is 1. The Kier molecular flexibility index (Phi) is 3.87. The van der Waals surface area contributed by atoms with Gasteiger partial charge in [-0.15, -0.1) is 0 Å². The Morgan fingerprint density at radius 3 is 2.57 bits per heavy atom. The van der Waals surface area contributed by atoms with Gasteiger partial charge in [0, 0.05) is 11.6 Å². The molecule has 1 aliphatic heterocycles. The topological polar surface area (TPSA) is 92.9 Å². The fraction of sp³-hybridized carbons (Fsp3) is 0.500. The maximum absolute atomic E-state index is 12.3. The summed E-state index contributed by atoms with van der Waals surface area (Å²) < 4.78 is 4.90. The number of nitrogens with zero attached hydrogens (tertiary/aromatic N) is 2. The molecule has 0 radical (unpaired) electrons. The second kappa shape index (κ2) is 5.33. The zero-order valence-corrected chi connectivity index (χ0v) is 12.2. The van der Waals surface area contributed by atoms with E-state index in [2.05, 4.69) is 0 Å². The first-order valence-electron chi connectivity index (χ1n) is 6.62. The van der Waals surface area contributed by atoms with Crippen molar-refractivity contribution < 1.29 is 19.6 Å². The van der Waals surface area contributed by atoms with E-state index in [1.807, 2.05) is 13.8 Å². The summed E-state index contributed by atoms with van der Waals surface area (Å²) in [4.78, 5) is 24.1. The van der Waals surface area contributed by atoms with Crippen LogP contribution in [0.4, 0.5) is 5.69 Å². The summed E-state index contributed by atoms with van der Waals surface area (Å²) in [6.45, 7) is 4.26. The van der Waals surface area contributed by atoms with Crippen molar-refractivity contribution in [1.29, 1.82) is 0 Å². The first-order chi connectivity index (χ1) is 9.78. The molecule has 0 unspecified atom stereocenters. The molecule has 7 heteroatoms. The third-order valence-electron chi connectivity index (χ3n) is 3.91. The van der Waals surface area contributed by atoms with Crippen LogP contribution >= 0.6 is 0 Å². The first-order valence-corrected chi connectivity index (χ1v) is 6.62. The fourth-order valence-electron chi connectivity index (χ4n) is 2.27. The van der Waals surface area contributed by atoms with Crippen molar-refractivity contribution in [2.75, 3.05) is 20.2 Å². The van der Waals surface area contributed by atoms with Gasteiger partial charge >= 0.3 is 5.69 Å². The minimum absolute atomic E-state index is 0.0479.